The first-order chi connectivity index (χ1) is 10.8. The smallest absolute Gasteiger partial charge is 0.337 e. The Morgan fingerprint density at radius 2 is 1.83 bits per heavy atom. The number of carboxylic acid groups (broad SMARTS) is 1. The summed E-state index contributed by atoms with van der Waals surface area (Å²) in [5, 5.41) is 17.3. The van der Waals surface area contributed by atoms with E-state index in [0.29, 0.717) is 5.69 Å². The molecule has 4 N–H and O–H groups in total. The van der Waals surface area contributed by atoms with Gasteiger partial charge in [0, 0.05) is 19.8 Å². The Morgan fingerprint density at radius 1 is 1.22 bits per heavy atom. The van der Waals surface area contributed by atoms with E-state index in [2.05, 4.69) is 5.32 Å². The van der Waals surface area contributed by atoms with E-state index >= 15 is 0 Å². The average molecular weight is 335 g/mol. The van der Waals surface area contributed by atoms with Crippen LogP contribution in [0.3, 0.4) is 0 Å². The summed E-state index contributed by atoms with van der Waals surface area (Å²) < 4.78 is 23.8. The minimum Gasteiger partial charge on any atom is -0.478 e. The van der Waals surface area contributed by atoms with Crippen molar-refractivity contribution < 1.29 is 18.3 Å². The van der Waals surface area contributed by atoms with Crippen molar-refractivity contribution in [3.05, 3.63) is 48.0 Å². The lowest BCUT2D eigenvalue weighted by molar-refractivity contribution is 0.0697. The zero-order valence-electron chi connectivity index (χ0n) is 12.6. The second-order valence-electron chi connectivity index (χ2n) is 4.86. The number of nitrogens with zero attached hydrogens (tertiary/aromatic N) is 1. The number of primary sulfonamides is 1. The lowest BCUT2D eigenvalue weighted by Gasteiger charge is -2.23. The van der Waals surface area contributed by atoms with Gasteiger partial charge >= 0.3 is 5.97 Å². The maximum Gasteiger partial charge on any atom is 0.337 e. The summed E-state index contributed by atoms with van der Waals surface area (Å²) in [5.41, 5.74) is 1.15. The molecule has 0 aliphatic carbocycles. The number of sulfonamides is 1. The maximum atomic E-state index is 11.9. The Bertz CT molecular complexity index is 835. The van der Waals surface area contributed by atoms with Crippen LogP contribution in [0.2, 0.25) is 0 Å². The molecule has 2 rings (SSSR count). The highest BCUT2D eigenvalue weighted by Crippen LogP contribution is 2.34. The van der Waals surface area contributed by atoms with E-state index in [1.54, 1.807) is 31.1 Å². The van der Waals surface area contributed by atoms with E-state index in [4.69, 9.17) is 5.14 Å². The number of benzene rings is 2. The van der Waals surface area contributed by atoms with Crippen molar-refractivity contribution in [2.24, 2.45) is 5.14 Å². The molecule has 122 valence electrons. The molecule has 0 amide bonds. The molecular weight excluding hydrogens is 318 g/mol. The van der Waals surface area contributed by atoms with Gasteiger partial charge in [-0.05, 0) is 24.3 Å². The molecule has 0 radical (unpaired) electrons. The Kier molecular flexibility index (Phi) is 4.57. The number of nitrogens with one attached hydrogen (secondary N) is 1. The second kappa shape index (κ2) is 6.27. The van der Waals surface area contributed by atoms with Gasteiger partial charge in [-0.2, -0.15) is 0 Å². The average Bonchev–Trinajstić information content (AvgIpc) is 2.52. The minimum absolute atomic E-state index is 0.165. The fourth-order valence-corrected chi connectivity index (χ4v) is 3.00. The molecule has 0 saturated carbocycles. The fraction of sp³-hybridized carbons (Fsp3) is 0.133. The first kappa shape index (κ1) is 16.8. The molecular formula is C15H17N3O4S. The van der Waals surface area contributed by atoms with Crippen LogP contribution in [0, 0.1) is 0 Å². The van der Waals surface area contributed by atoms with E-state index < -0.39 is 16.0 Å². The molecule has 0 unspecified atom stereocenters. The molecule has 0 aliphatic rings. The van der Waals surface area contributed by atoms with Crippen molar-refractivity contribution in [3.63, 3.8) is 0 Å². The zero-order chi connectivity index (χ0) is 17.2. The van der Waals surface area contributed by atoms with Crippen molar-refractivity contribution >= 4 is 33.1 Å². The van der Waals surface area contributed by atoms with Gasteiger partial charge in [0.05, 0.1) is 16.9 Å². The van der Waals surface area contributed by atoms with Crippen LogP contribution in [0.15, 0.2) is 47.4 Å². The minimum atomic E-state index is -4.10. The topological polar surface area (TPSA) is 113 Å². The van der Waals surface area contributed by atoms with Gasteiger partial charge in [0.15, 0.2) is 0 Å². The standard InChI is InChI=1S/C15H17N3O4S/c1-17-12-9-13(18(2)10-6-4-3-5-7-10)14(23(16,21)22)8-11(12)15(19)20/h3-9,17H,1-2H3,(H,19,20)(H2,16,21,22). The van der Waals surface area contributed by atoms with Gasteiger partial charge < -0.3 is 15.3 Å². The molecule has 8 heteroatoms. The number of carbonyl (C=O) groups is 1. The summed E-state index contributed by atoms with van der Waals surface area (Å²) in [6, 6.07) is 11.6. The lowest BCUT2D eigenvalue weighted by Crippen LogP contribution is -2.20. The number of nitrogens with two attached hydrogens (primary N) is 1. The molecule has 2 aromatic rings. The van der Waals surface area contributed by atoms with Crippen molar-refractivity contribution in [3.8, 4) is 0 Å². The molecule has 0 fully saturated rings. The quantitative estimate of drug-likeness (QED) is 0.768. The maximum absolute atomic E-state index is 11.9. The number of hydrogen-bond donors (Lipinski definition) is 3. The van der Waals surface area contributed by atoms with Crippen LogP contribution in [0.25, 0.3) is 0 Å². The van der Waals surface area contributed by atoms with Crippen LogP contribution in [-0.2, 0) is 10.0 Å². The second-order valence-corrected chi connectivity index (χ2v) is 6.39. The highest BCUT2D eigenvalue weighted by atomic mass is 32.2. The van der Waals surface area contributed by atoms with Gasteiger partial charge in [-0.1, -0.05) is 18.2 Å². The van der Waals surface area contributed by atoms with Gasteiger partial charge in [-0.3, -0.25) is 0 Å². The van der Waals surface area contributed by atoms with Gasteiger partial charge in [0.1, 0.15) is 4.90 Å². The van der Waals surface area contributed by atoms with E-state index in [9.17, 15) is 18.3 Å². The fourth-order valence-electron chi connectivity index (χ4n) is 2.23. The molecule has 7 nitrogen and oxygen atoms in total. The number of hydrogen-bond acceptors (Lipinski definition) is 5. The summed E-state index contributed by atoms with van der Waals surface area (Å²) in [4.78, 5) is 12.7. The van der Waals surface area contributed by atoms with Crippen LogP contribution in [-0.4, -0.2) is 33.6 Å². The molecule has 0 saturated heterocycles. The molecule has 2 aromatic carbocycles. The van der Waals surface area contributed by atoms with Crippen LogP contribution in [0.4, 0.5) is 17.1 Å². The molecule has 0 aromatic heterocycles. The predicted molar refractivity (Wildman–Crippen MR) is 88.8 cm³/mol. The third kappa shape index (κ3) is 3.43. The molecule has 0 spiro atoms. The summed E-state index contributed by atoms with van der Waals surface area (Å²) in [6.45, 7) is 0. The largest absolute Gasteiger partial charge is 0.478 e. The third-order valence-electron chi connectivity index (χ3n) is 3.41. The summed E-state index contributed by atoms with van der Waals surface area (Å²) in [5.74, 6) is -1.24. The number of carboxylic acids is 1. The lowest BCUT2D eigenvalue weighted by atomic mass is 10.1. The first-order valence-corrected chi connectivity index (χ1v) is 8.21. The zero-order valence-corrected chi connectivity index (χ0v) is 13.5. The van der Waals surface area contributed by atoms with E-state index in [-0.39, 0.29) is 16.1 Å². The third-order valence-corrected chi connectivity index (χ3v) is 4.35. The van der Waals surface area contributed by atoms with Gasteiger partial charge in [0.2, 0.25) is 10.0 Å². The van der Waals surface area contributed by atoms with Crippen LogP contribution >= 0.6 is 0 Å². The summed E-state index contributed by atoms with van der Waals surface area (Å²) >= 11 is 0. The van der Waals surface area contributed by atoms with E-state index in [1.807, 2.05) is 18.2 Å². The van der Waals surface area contributed by atoms with Crippen LogP contribution < -0.4 is 15.4 Å². The Morgan fingerprint density at radius 3 is 2.30 bits per heavy atom. The molecule has 23 heavy (non-hydrogen) atoms. The summed E-state index contributed by atoms with van der Waals surface area (Å²) in [6.07, 6.45) is 0. The monoisotopic (exact) mass is 335 g/mol. The molecule has 0 bridgehead atoms. The van der Waals surface area contributed by atoms with Crippen molar-refractivity contribution in [1.82, 2.24) is 0 Å². The van der Waals surface area contributed by atoms with Crippen molar-refractivity contribution in [1.29, 1.82) is 0 Å². The number of aromatic carboxylic acids is 1. The number of anilines is 3. The Balaban J connectivity index is 2.73. The predicted octanol–water partition coefficient (Wildman–Crippen LogP) is 1.84. The highest BCUT2D eigenvalue weighted by molar-refractivity contribution is 7.89. The van der Waals surface area contributed by atoms with Gasteiger partial charge in [-0.15, -0.1) is 0 Å². The van der Waals surface area contributed by atoms with Crippen molar-refractivity contribution in [2.45, 2.75) is 4.90 Å². The van der Waals surface area contributed by atoms with Gasteiger partial charge in [-0.25, -0.2) is 18.4 Å². The number of para-hydroxylation sites is 1. The molecule has 0 atom stereocenters. The first-order valence-electron chi connectivity index (χ1n) is 6.66. The van der Waals surface area contributed by atoms with Gasteiger partial charge in [0.25, 0.3) is 0 Å². The van der Waals surface area contributed by atoms with E-state index in [0.717, 1.165) is 11.8 Å². The highest BCUT2D eigenvalue weighted by Gasteiger charge is 2.23. The number of rotatable bonds is 5. The SMILES string of the molecule is CNc1cc(N(C)c2ccccc2)c(S(N)(=O)=O)cc1C(=O)O. The summed E-state index contributed by atoms with van der Waals surface area (Å²) in [7, 11) is -0.860. The molecule has 0 heterocycles. The Hall–Kier alpha value is -2.58. The van der Waals surface area contributed by atoms with Crippen molar-refractivity contribution in [2.75, 3.05) is 24.3 Å². The normalized spacial score (nSPS) is 11.1. The van der Waals surface area contributed by atoms with Crippen LogP contribution in [0.5, 0.6) is 0 Å². The molecule has 0 aliphatic heterocycles. The van der Waals surface area contributed by atoms with Crippen LogP contribution in [0.1, 0.15) is 10.4 Å². The Labute approximate surface area is 134 Å². The van der Waals surface area contributed by atoms with E-state index in [1.165, 1.54) is 6.07 Å².